The van der Waals surface area contributed by atoms with Crippen molar-refractivity contribution in [3.8, 4) is 0 Å². The van der Waals surface area contributed by atoms with Crippen LogP contribution in [0.25, 0.3) is 0 Å². The van der Waals surface area contributed by atoms with Gasteiger partial charge < -0.3 is 0 Å². The highest BCUT2D eigenvalue weighted by molar-refractivity contribution is 7.89. The number of nitrogens with two attached hydrogens (primary N) is 1. The first kappa shape index (κ1) is 11.9. The van der Waals surface area contributed by atoms with Crippen molar-refractivity contribution in [2.45, 2.75) is 25.4 Å². The van der Waals surface area contributed by atoms with Crippen LogP contribution in [-0.4, -0.2) is 44.4 Å². The molecule has 14 heavy (non-hydrogen) atoms. The number of hydrogen-bond donors (Lipinski definition) is 1. The van der Waals surface area contributed by atoms with E-state index in [1.807, 2.05) is 4.90 Å². The topological polar surface area (TPSA) is 63.4 Å². The molecule has 6 heteroatoms. The average Bonchev–Trinajstić information content (AvgIpc) is 1.98. The van der Waals surface area contributed by atoms with E-state index in [2.05, 4.69) is 0 Å². The second-order valence-corrected chi connectivity index (χ2v) is 5.89. The van der Waals surface area contributed by atoms with Crippen LogP contribution >= 0.6 is 0 Å². The summed E-state index contributed by atoms with van der Waals surface area (Å²) in [5.74, 6) is -0.0942. The van der Waals surface area contributed by atoms with Gasteiger partial charge in [0.1, 0.15) is 5.67 Å². The molecule has 1 rings (SSSR count). The van der Waals surface area contributed by atoms with Crippen molar-refractivity contribution in [1.29, 1.82) is 0 Å². The van der Waals surface area contributed by atoms with Crippen molar-refractivity contribution in [2.75, 3.05) is 25.4 Å². The maximum absolute atomic E-state index is 13.5. The lowest BCUT2D eigenvalue weighted by atomic mass is 9.97. The number of nitrogens with zero attached hydrogens (tertiary/aromatic N) is 1. The molecule has 1 heterocycles. The highest BCUT2D eigenvalue weighted by Gasteiger charge is 2.30. The number of alkyl halides is 1. The molecular formula is C8H17FN2O2S. The molecule has 0 spiro atoms. The minimum absolute atomic E-state index is 0.0942. The Kier molecular flexibility index (Phi) is 3.49. The SMILES string of the molecule is CC1(F)CCCN(CCS(N)(=O)=O)C1. The molecule has 1 atom stereocenters. The van der Waals surface area contributed by atoms with E-state index in [4.69, 9.17) is 5.14 Å². The molecule has 0 bridgehead atoms. The largest absolute Gasteiger partial charge is 0.299 e. The summed E-state index contributed by atoms with van der Waals surface area (Å²) in [6.45, 7) is 2.95. The summed E-state index contributed by atoms with van der Waals surface area (Å²) in [7, 11) is -3.42. The van der Waals surface area contributed by atoms with E-state index >= 15 is 0 Å². The van der Waals surface area contributed by atoms with Gasteiger partial charge in [0, 0.05) is 13.1 Å². The zero-order valence-corrected chi connectivity index (χ0v) is 9.19. The third-order valence-corrected chi connectivity index (χ3v) is 3.17. The Morgan fingerprint density at radius 1 is 1.57 bits per heavy atom. The molecule has 0 aliphatic carbocycles. The van der Waals surface area contributed by atoms with Gasteiger partial charge in [-0.25, -0.2) is 17.9 Å². The van der Waals surface area contributed by atoms with E-state index in [0.717, 1.165) is 13.0 Å². The minimum atomic E-state index is -3.42. The lowest BCUT2D eigenvalue weighted by Crippen LogP contribution is -2.45. The monoisotopic (exact) mass is 224 g/mol. The zero-order valence-electron chi connectivity index (χ0n) is 8.37. The molecule has 0 saturated carbocycles. The van der Waals surface area contributed by atoms with Gasteiger partial charge in [-0.2, -0.15) is 0 Å². The summed E-state index contributed by atoms with van der Waals surface area (Å²) in [6.07, 6.45) is 1.33. The Bertz CT molecular complexity index is 290. The zero-order chi connectivity index (χ0) is 10.8. The first-order valence-electron chi connectivity index (χ1n) is 4.70. The maximum atomic E-state index is 13.5. The molecule has 0 amide bonds. The number of piperidine rings is 1. The van der Waals surface area contributed by atoms with E-state index < -0.39 is 15.7 Å². The number of rotatable bonds is 3. The molecule has 1 aliphatic heterocycles. The fourth-order valence-electron chi connectivity index (χ4n) is 1.74. The van der Waals surface area contributed by atoms with Crippen LogP contribution in [0.2, 0.25) is 0 Å². The Balaban J connectivity index is 2.39. The van der Waals surface area contributed by atoms with Crippen molar-refractivity contribution in [3.05, 3.63) is 0 Å². The van der Waals surface area contributed by atoms with Gasteiger partial charge in [0.25, 0.3) is 0 Å². The summed E-state index contributed by atoms with van der Waals surface area (Å²) >= 11 is 0. The third-order valence-electron chi connectivity index (χ3n) is 2.42. The standard InChI is InChI=1S/C8H17FN2O2S/c1-8(9)3-2-4-11(7-8)5-6-14(10,12)13/h2-7H2,1H3,(H2,10,12,13). The summed E-state index contributed by atoms with van der Waals surface area (Å²) < 4.78 is 34.9. The van der Waals surface area contributed by atoms with Crippen LogP contribution in [0.15, 0.2) is 0 Å². The van der Waals surface area contributed by atoms with Gasteiger partial charge in [-0.15, -0.1) is 0 Å². The molecule has 1 fully saturated rings. The van der Waals surface area contributed by atoms with Gasteiger partial charge in [0.2, 0.25) is 10.0 Å². The molecule has 1 unspecified atom stereocenters. The van der Waals surface area contributed by atoms with E-state index in [1.165, 1.54) is 0 Å². The molecule has 1 saturated heterocycles. The smallest absolute Gasteiger partial charge is 0.210 e. The molecule has 2 N–H and O–H groups in total. The lowest BCUT2D eigenvalue weighted by molar-refractivity contribution is 0.0642. The predicted octanol–water partition coefficient (Wildman–Crippen LogP) is 0.0989. The third kappa shape index (κ3) is 4.34. The number of primary sulfonamides is 1. The van der Waals surface area contributed by atoms with Crippen LogP contribution in [0.3, 0.4) is 0 Å². The maximum Gasteiger partial charge on any atom is 0.210 e. The van der Waals surface area contributed by atoms with Crippen molar-refractivity contribution in [1.82, 2.24) is 4.90 Å². The van der Waals surface area contributed by atoms with E-state index in [9.17, 15) is 12.8 Å². The number of halogens is 1. The number of likely N-dealkylation sites (tertiary alicyclic amines) is 1. The van der Waals surface area contributed by atoms with Gasteiger partial charge in [0.15, 0.2) is 0 Å². The van der Waals surface area contributed by atoms with E-state index in [1.54, 1.807) is 6.92 Å². The lowest BCUT2D eigenvalue weighted by Gasteiger charge is -2.34. The highest BCUT2D eigenvalue weighted by atomic mass is 32.2. The molecule has 0 aromatic rings. The van der Waals surface area contributed by atoms with Gasteiger partial charge in [-0.05, 0) is 26.3 Å². The number of sulfonamides is 1. The predicted molar refractivity (Wildman–Crippen MR) is 53.2 cm³/mol. The van der Waals surface area contributed by atoms with Crippen LogP contribution in [0.4, 0.5) is 4.39 Å². The molecule has 0 aromatic heterocycles. The van der Waals surface area contributed by atoms with Crippen LogP contribution in [0.5, 0.6) is 0 Å². The Hall–Kier alpha value is -0.200. The van der Waals surface area contributed by atoms with Crippen molar-refractivity contribution in [2.24, 2.45) is 5.14 Å². The van der Waals surface area contributed by atoms with Gasteiger partial charge in [0.05, 0.1) is 5.75 Å². The van der Waals surface area contributed by atoms with Crippen LogP contribution in [-0.2, 0) is 10.0 Å². The first-order chi connectivity index (χ1) is 6.29. The minimum Gasteiger partial charge on any atom is -0.299 e. The second-order valence-electron chi connectivity index (χ2n) is 4.16. The summed E-state index contributed by atoms with van der Waals surface area (Å²) in [6, 6.07) is 0. The Labute approximate surface area is 84.3 Å². The van der Waals surface area contributed by atoms with Gasteiger partial charge >= 0.3 is 0 Å². The molecule has 84 valence electrons. The summed E-state index contributed by atoms with van der Waals surface area (Å²) in [5, 5.41) is 4.87. The second kappa shape index (κ2) is 4.12. The normalized spacial score (nSPS) is 30.5. The van der Waals surface area contributed by atoms with Gasteiger partial charge in [-0.1, -0.05) is 0 Å². The molecule has 0 radical (unpaired) electrons. The van der Waals surface area contributed by atoms with Crippen molar-refractivity contribution in [3.63, 3.8) is 0 Å². The van der Waals surface area contributed by atoms with Crippen LogP contribution in [0, 0.1) is 0 Å². The van der Waals surface area contributed by atoms with Gasteiger partial charge in [-0.3, -0.25) is 4.90 Å². The fourth-order valence-corrected chi connectivity index (χ4v) is 2.26. The number of hydrogen-bond acceptors (Lipinski definition) is 3. The Morgan fingerprint density at radius 3 is 2.71 bits per heavy atom. The Morgan fingerprint density at radius 2 is 2.21 bits per heavy atom. The molecule has 0 aromatic carbocycles. The van der Waals surface area contributed by atoms with E-state index in [-0.39, 0.29) is 5.75 Å². The van der Waals surface area contributed by atoms with E-state index in [0.29, 0.717) is 19.5 Å². The highest BCUT2D eigenvalue weighted by Crippen LogP contribution is 2.23. The van der Waals surface area contributed by atoms with Crippen molar-refractivity contribution >= 4 is 10.0 Å². The van der Waals surface area contributed by atoms with Crippen LogP contribution < -0.4 is 5.14 Å². The molecular weight excluding hydrogens is 207 g/mol. The van der Waals surface area contributed by atoms with Crippen LogP contribution in [0.1, 0.15) is 19.8 Å². The summed E-state index contributed by atoms with van der Waals surface area (Å²) in [4.78, 5) is 1.81. The molecule has 1 aliphatic rings. The summed E-state index contributed by atoms with van der Waals surface area (Å²) in [5.41, 5.74) is -1.18. The first-order valence-corrected chi connectivity index (χ1v) is 6.42. The molecule has 4 nitrogen and oxygen atoms in total. The quantitative estimate of drug-likeness (QED) is 0.739. The fraction of sp³-hybridized carbons (Fsp3) is 1.00. The average molecular weight is 224 g/mol. The van der Waals surface area contributed by atoms with Crippen molar-refractivity contribution < 1.29 is 12.8 Å².